The fourth-order valence-electron chi connectivity index (χ4n) is 1.69. The molecular weight excluding hydrogens is 340 g/mol. The normalized spacial score (nSPS) is 12.2. The summed E-state index contributed by atoms with van der Waals surface area (Å²) in [5.41, 5.74) is 0.974. The highest BCUT2D eigenvalue weighted by Crippen LogP contribution is 2.25. The zero-order valence-corrected chi connectivity index (χ0v) is 13.2. The second kappa shape index (κ2) is 5.41. The molecule has 1 N–H and O–H groups in total. The molecule has 3 rings (SSSR count). The standard InChI is InChI=1S/C10H9ClN4O2S3/c11-8-1-2-9(19-8)20(16,17)13-4-3-7-5-18-10-14-12-6-15(7)10/h1-2,5-6,13H,3-4H2. The summed E-state index contributed by atoms with van der Waals surface area (Å²) in [6.45, 7) is 0.307. The van der Waals surface area contributed by atoms with Gasteiger partial charge in [0.2, 0.25) is 15.0 Å². The Morgan fingerprint density at radius 2 is 2.25 bits per heavy atom. The number of thiophene rings is 1. The van der Waals surface area contributed by atoms with Crippen molar-refractivity contribution in [1.82, 2.24) is 19.3 Å². The lowest BCUT2D eigenvalue weighted by atomic mass is 10.3. The summed E-state index contributed by atoms with van der Waals surface area (Å²) in [5, 5.41) is 9.67. The SMILES string of the molecule is O=S(=O)(NCCc1csc2nncn12)c1ccc(Cl)s1. The van der Waals surface area contributed by atoms with Gasteiger partial charge < -0.3 is 0 Å². The first-order chi connectivity index (χ1) is 9.56. The molecule has 0 radical (unpaired) electrons. The Morgan fingerprint density at radius 3 is 3.00 bits per heavy atom. The summed E-state index contributed by atoms with van der Waals surface area (Å²) in [6, 6.07) is 3.07. The number of halogens is 1. The van der Waals surface area contributed by atoms with E-state index in [9.17, 15) is 8.42 Å². The van der Waals surface area contributed by atoms with Gasteiger partial charge in [0.25, 0.3) is 0 Å². The third-order valence-corrected chi connectivity index (χ3v) is 6.68. The molecule has 3 heterocycles. The molecule has 0 aliphatic carbocycles. The third-order valence-electron chi connectivity index (χ3n) is 2.61. The lowest BCUT2D eigenvalue weighted by molar-refractivity contribution is 0.583. The first kappa shape index (κ1) is 14.0. The minimum atomic E-state index is -3.49. The fraction of sp³-hybridized carbons (Fsp3) is 0.200. The number of rotatable bonds is 5. The Morgan fingerprint density at radius 1 is 1.40 bits per heavy atom. The molecule has 0 fully saturated rings. The van der Waals surface area contributed by atoms with Crippen LogP contribution in [-0.4, -0.2) is 29.6 Å². The van der Waals surface area contributed by atoms with E-state index in [0.29, 0.717) is 17.3 Å². The van der Waals surface area contributed by atoms with E-state index in [-0.39, 0.29) is 4.21 Å². The second-order valence-corrected chi connectivity index (χ2v) is 8.46. The monoisotopic (exact) mass is 348 g/mol. The van der Waals surface area contributed by atoms with Crippen LogP contribution in [0.2, 0.25) is 4.34 Å². The van der Waals surface area contributed by atoms with Crippen LogP contribution in [0.3, 0.4) is 0 Å². The van der Waals surface area contributed by atoms with Gasteiger partial charge in [0, 0.05) is 24.0 Å². The van der Waals surface area contributed by atoms with Gasteiger partial charge >= 0.3 is 0 Å². The van der Waals surface area contributed by atoms with Crippen LogP contribution < -0.4 is 4.72 Å². The molecule has 0 saturated heterocycles. The summed E-state index contributed by atoms with van der Waals surface area (Å²) in [5.74, 6) is 0. The second-order valence-electron chi connectivity index (χ2n) is 3.92. The van der Waals surface area contributed by atoms with Gasteiger partial charge in [-0.3, -0.25) is 4.40 Å². The van der Waals surface area contributed by atoms with Crippen LogP contribution in [0.1, 0.15) is 5.69 Å². The molecule has 0 amide bonds. The number of aromatic nitrogens is 3. The number of thiazole rings is 1. The highest BCUT2D eigenvalue weighted by molar-refractivity contribution is 7.91. The molecule has 106 valence electrons. The van der Waals surface area contributed by atoms with Crippen molar-refractivity contribution in [3.8, 4) is 0 Å². The first-order valence-electron chi connectivity index (χ1n) is 5.57. The van der Waals surface area contributed by atoms with Gasteiger partial charge in [0.15, 0.2) is 0 Å². The summed E-state index contributed by atoms with van der Waals surface area (Å²) in [7, 11) is -3.49. The van der Waals surface area contributed by atoms with Crippen LogP contribution >= 0.6 is 34.3 Å². The topological polar surface area (TPSA) is 76.4 Å². The molecule has 0 aliphatic rings. The Hall–Kier alpha value is -1.000. The molecule has 0 aliphatic heterocycles. The maximum Gasteiger partial charge on any atom is 0.250 e. The van der Waals surface area contributed by atoms with E-state index in [1.165, 1.54) is 17.4 Å². The van der Waals surface area contributed by atoms with Gasteiger partial charge in [-0.1, -0.05) is 11.6 Å². The van der Waals surface area contributed by atoms with Crippen LogP contribution in [-0.2, 0) is 16.4 Å². The first-order valence-corrected chi connectivity index (χ1v) is 9.13. The predicted molar refractivity (Wildman–Crippen MR) is 79.1 cm³/mol. The Labute approximate surface area is 128 Å². The summed E-state index contributed by atoms with van der Waals surface area (Å²) < 4.78 is 29.1. The molecular formula is C10H9ClN4O2S3. The van der Waals surface area contributed by atoms with E-state index in [2.05, 4.69) is 14.9 Å². The minimum absolute atomic E-state index is 0.224. The highest BCUT2D eigenvalue weighted by Gasteiger charge is 2.16. The van der Waals surface area contributed by atoms with Crippen molar-refractivity contribution >= 4 is 49.3 Å². The molecule has 0 bridgehead atoms. The number of nitrogens with zero attached hydrogens (tertiary/aromatic N) is 3. The molecule has 0 unspecified atom stereocenters. The zero-order chi connectivity index (χ0) is 14.2. The smallest absolute Gasteiger partial charge is 0.250 e. The van der Waals surface area contributed by atoms with Crippen molar-refractivity contribution in [2.45, 2.75) is 10.6 Å². The van der Waals surface area contributed by atoms with Crippen LogP contribution in [0.5, 0.6) is 0 Å². The van der Waals surface area contributed by atoms with E-state index in [1.807, 2.05) is 9.78 Å². The lowest BCUT2D eigenvalue weighted by Gasteiger charge is -2.03. The maximum absolute atomic E-state index is 12.0. The van der Waals surface area contributed by atoms with Gasteiger partial charge in [0.1, 0.15) is 10.5 Å². The van der Waals surface area contributed by atoms with Crippen molar-refractivity contribution in [2.75, 3.05) is 6.54 Å². The highest BCUT2D eigenvalue weighted by atomic mass is 35.5. The third kappa shape index (κ3) is 2.72. The number of sulfonamides is 1. The van der Waals surface area contributed by atoms with Crippen LogP contribution in [0.25, 0.3) is 4.96 Å². The zero-order valence-electron chi connectivity index (χ0n) is 9.98. The van der Waals surface area contributed by atoms with Gasteiger partial charge in [-0.05, 0) is 12.1 Å². The van der Waals surface area contributed by atoms with Crippen molar-refractivity contribution in [2.24, 2.45) is 0 Å². The predicted octanol–water partition coefficient (Wildman–Crippen LogP) is 2.03. The van der Waals surface area contributed by atoms with Gasteiger partial charge in [-0.2, -0.15) is 0 Å². The van der Waals surface area contributed by atoms with E-state index in [0.717, 1.165) is 22.0 Å². The molecule has 0 spiro atoms. The number of fused-ring (bicyclic) bond motifs is 1. The average molecular weight is 349 g/mol. The molecule has 6 nitrogen and oxygen atoms in total. The molecule has 3 aromatic rings. The summed E-state index contributed by atoms with van der Waals surface area (Å²) in [6.07, 6.45) is 2.19. The molecule has 0 atom stereocenters. The number of hydrogen-bond donors (Lipinski definition) is 1. The van der Waals surface area contributed by atoms with Gasteiger partial charge in [-0.25, -0.2) is 13.1 Å². The lowest BCUT2D eigenvalue weighted by Crippen LogP contribution is -2.25. The molecule has 10 heteroatoms. The summed E-state index contributed by atoms with van der Waals surface area (Å²) in [4.78, 5) is 0.799. The molecule has 3 aromatic heterocycles. The van der Waals surface area contributed by atoms with Gasteiger partial charge in [0.05, 0.1) is 4.34 Å². The maximum atomic E-state index is 12.0. The molecule has 20 heavy (non-hydrogen) atoms. The Bertz CT molecular complexity index is 836. The van der Waals surface area contributed by atoms with Crippen LogP contribution in [0.4, 0.5) is 0 Å². The Balaban J connectivity index is 1.67. The van der Waals surface area contributed by atoms with Gasteiger partial charge in [-0.15, -0.1) is 32.9 Å². The van der Waals surface area contributed by atoms with Crippen molar-refractivity contribution in [3.63, 3.8) is 0 Å². The van der Waals surface area contributed by atoms with Crippen molar-refractivity contribution in [1.29, 1.82) is 0 Å². The van der Waals surface area contributed by atoms with Crippen LogP contribution in [0.15, 0.2) is 28.0 Å². The van der Waals surface area contributed by atoms with Crippen LogP contribution in [0, 0.1) is 0 Å². The van der Waals surface area contributed by atoms with Crippen molar-refractivity contribution in [3.05, 3.63) is 33.9 Å². The molecule has 0 saturated carbocycles. The van der Waals surface area contributed by atoms with E-state index >= 15 is 0 Å². The van der Waals surface area contributed by atoms with Crippen molar-refractivity contribution < 1.29 is 8.42 Å². The number of nitrogens with one attached hydrogen (secondary N) is 1. The number of hydrogen-bond acceptors (Lipinski definition) is 6. The molecule has 0 aromatic carbocycles. The summed E-state index contributed by atoms with van der Waals surface area (Å²) >= 11 is 8.26. The minimum Gasteiger partial charge on any atom is -0.276 e. The largest absolute Gasteiger partial charge is 0.276 e. The average Bonchev–Trinajstić information content (AvgIpc) is 3.06. The quantitative estimate of drug-likeness (QED) is 0.765. The van der Waals surface area contributed by atoms with E-state index < -0.39 is 10.0 Å². The fourth-order valence-corrected chi connectivity index (χ4v) is 5.09. The van der Waals surface area contributed by atoms with E-state index in [1.54, 1.807) is 12.4 Å². The van der Waals surface area contributed by atoms with E-state index in [4.69, 9.17) is 11.6 Å². The Kier molecular flexibility index (Phi) is 3.78.